The second-order valence-corrected chi connectivity index (χ2v) is 7.31. The minimum absolute atomic E-state index is 0. The maximum Gasteiger partial charge on any atom is 0.244 e. The highest BCUT2D eigenvalue weighted by atomic mass is 35.5. The Kier molecular flexibility index (Phi) is 6.28. The zero-order valence-corrected chi connectivity index (χ0v) is 14.0. The van der Waals surface area contributed by atoms with E-state index in [0.29, 0.717) is 0 Å². The van der Waals surface area contributed by atoms with Crippen molar-refractivity contribution in [3.8, 4) is 0 Å². The van der Waals surface area contributed by atoms with E-state index in [1.165, 1.54) is 4.31 Å². The fraction of sp³-hybridized carbons (Fsp3) is 0.538. The number of rotatable bonds is 3. The van der Waals surface area contributed by atoms with Gasteiger partial charge in [0.15, 0.2) is 0 Å². The number of aryl methyl sites for hydroxylation is 1. The lowest BCUT2D eigenvalue weighted by atomic mass is 10.1. The van der Waals surface area contributed by atoms with E-state index in [0.717, 1.165) is 31.5 Å². The third-order valence-corrected chi connectivity index (χ3v) is 5.96. The molecule has 0 atom stereocenters. The van der Waals surface area contributed by atoms with Crippen LogP contribution < -0.4 is 5.32 Å². The summed E-state index contributed by atoms with van der Waals surface area (Å²) in [6.07, 6.45) is 1.67. The first-order chi connectivity index (χ1) is 8.93. The van der Waals surface area contributed by atoms with Crippen molar-refractivity contribution in [3.63, 3.8) is 0 Å². The Balaban J connectivity index is 0.00000200. The van der Waals surface area contributed by atoms with Crippen molar-refractivity contribution in [1.82, 2.24) is 9.62 Å². The zero-order valence-electron chi connectivity index (χ0n) is 11.6. The fourth-order valence-corrected chi connectivity index (χ4v) is 4.30. The number of sulfonamides is 1. The average Bonchev–Trinajstić information content (AvgIpc) is 2.41. The molecule has 0 unspecified atom stereocenters. The van der Waals surface area contributed by atoms with Gasteiger partial charge in [0.1, 0.15) is 4.90 Å². The van der Waals surface area contributed by atoms with E-state index in [1.807, 2.05) is 13.0 Å². The van der Waals surface area contributed by atoms with Crippen molar-refractivity contribution in [2.75, 3.05) is 20.1 Å². The summed E-state index contributed by atoms with van der Waals surface area (Å²) in [5.74, 6) is 0. The molecule has 1 aromatic carbocycles. The van der Waals surface area contributed by atoms with E-state index in [4.69, 9.17) is 11.6 Å². The largest absolute Gasteiger partial charge is 0.317 e. The second kappa shape index (κ2) is 7.09. The van der Waals surface area contributed by atoms with Crippen molar-refractivity contribution in [1.29, 1.82) is 0 Å². The van der Waals surface area contributed by atoms with Crippen LogP contribution in [0.5, 0.6) is 0 Å². The second-order valence-electron chi connectivity index (χ2n) is 4.94. The molecule has 0 bridgehead atoms. The normalized spacial score (nSPS) is 17.0. The number of hydrogen-bond donors (Lipinski definition) is 1. The summed E-state index contributed by atoms with van der Waals surface area (Å²) in [5.41, 5.74) is 0.890. The Morgan fingerprint density at radius 3 is 2.50 bits per heavy atom. The number of hydrogen-bond acceptors (Lipinski definition) is 3. The van der Waals surface area contributed by atoms with Crippen molar-refractivity contribution >= 4 is 34.0 Å². The molecule has 1 N–H and O–H groups in total. The molecule has 1 heterocycles. The maximum absolute atomic E-state index is 12.6. The highest BCUT2D eigenvalue weighted by Gasteiger charge is 2.30. The molecule has 0 saturated carbocycles. The van der Waals surface area contributed by atoms with Crippen LogP contribution in [-0.2, 0) is 10.0 Å². The monoisotopic (exact) mass is 338 g/mol. The van der Waals surface area contributed by atoms with Crippen LogP contribution >= 0.6 is 24.0 Å². The van der Waals surface area contributed by atoms with Gasteiger partial charge in [0.05, 0.1) is 5.02 Å². The minimum atomic E-state index is -3.52. The third-order valence-electron chi connectivity index (χ3n) is 3.57. The highest BCUT2D eigenvalue weighted by Crippen LogP contribution is 2.27. The molecule has 1 fully saturated rings. The lowest BCUT2D eigenvalue weighted by molar-refractivity contribution is 0.296. The van der Waals surface area contributed by atoms with Gasteiger partial charge in [-0.3, -0.25) is 0 Å². The predicted octanol–water partition coefficient (Wildman–Crippen LogP) is 2.44. The van der Waals surface area contributed by atoms with E-state index < -0.39 is 10.0 Å². The fourth-order valence-electron chi connectivity index (χ4n) is 2.33. The van der Waals surface area contributed by atoms with E-state index >= 15 is 0 Å². The van der Waals surface area contributed by atoms with Crippen LogP contribution in [-0.4, -0.2) is 38.9 Å². The molecule has 1 aromatic rings. The molecule has 1 saturated heterocycles. The van der Waals surface area contributed by atoms with Gasteiger partial charge in [-0.15, -0.1) is 12.4 Å². The van der Waals surface area contributed by atoms with Gasteiger partial charge in [-0.25, -0.2) is 8.42 Å². The molecule has 7 heteroatoms. The lowest BCUT2D eigenvalue weighted by Crippen LogP contribution is -2.43. The molecule has 0 aromatic heterocycles. The molecule has 2 rings (SSSR count). The van der Waals surface area contributed by atoms with Gasteiger partial charge in [-0.05, 0) is 50.6 Å². The Hall–Kier alpha value is -0.330. The van der Waals surface area contributed by atoms with Crippen molar-refractivity contribution in [3.05, 3.63) is 28.8 Å². The van der Waals surface area contributed by atoms with Crippen LogP contribution in [0, 0.1) is 6.92 Å². The predicted molar refractivity (Wildman–Crippen MR) is 84.3 cm³/mol. The third kappa shape index (κ3) is 3.65. The summed E-state index contributed by atoms with van der Waals surface area (Å²) in [6, 6.07) is 5.13. The summed E-state index contributed by atoms with van der Waals surface area (Å²) in [7, 11) is -1.88. The number of nitrogens with one attached hydrogen (secondary N) is 1. The molecular weight excluding hydrogens is 319 g/mol. The number of halogens is 2. The van der Waals surface area contributed by atoms with Gasteiger partial charge in [-0.2, -0.15) is 4.31 Å². The molecular formula is C13H20Cl2N2O2S. The van der Waals surface area contributed by atoms with Gasteiger partial charge < -0.3 is 5.32 Å². The van der Waals surface area contributed by atoms with Gasteiger partial charge >= 0.3 is 0 Å². The first-order valence-electron chi connectivity index (χ1n) is 6.38. The van der Waals surface area contributed by atoms with Gasteiger partial charge in [-0.1, -0.05) is 17.7 Å². The summed E-state index contributed by atoms with van der Waals surface area (Å²) >= 11 is 6.05. The first kappa shape index (κ1) is 17.7. The Labute approximate surface area is 132 Å². The van der Waals surface area contributed by atoms with Crippen LogP contribution in [0.25, 0.3) is 0 Å². The van der Waals surface area contributed by atoms with Crippen LogP contribution in [0.3, 0.4) is 0 Å². The molecule has 0 spiro atoms. The van der Waals surface area contributed by atoms with Crippen molar-refractivity contribution in [2.24, 2.45) is 0 Å². The summed E-state index contributed by atoms with van der Waals surface area (Å²) in [4.78, 5) is 0.204. The van der Waals surface area contributed by atoms with Gasteiger partial charge in [0, 0.05) is 13.1 Å². The molecule has 0 aliphatic carbocycles. The number of benzene rings is 1. The highest BCUT2D eigenvalue weighted by molar-refractivity contribution is 7.89. The van der Waals surface area contributed by atoms with Crippen molar-refractivity contribution < 1.29 is 8.42 Å². The van der Waals surface area contributed by atoms with Crippen LogP contribution in [0.4, 0.5) is 0 Å². The minimum Gasteiger partial charge on any atom is -0.317 e. The lowest BCUT2D eigenvalue weighted by Gasteiger charge is -2.31. The standard InChI is InChI=1S/C13H19ClN2O2S.ClH/c1-10-3-4-12(14)13(9-10)19(17,18)16(2)11-5-7-15-8-6-11;/h3-4,9,11,15H,5-8H2,1-2H3;1H. The molecule has 114 valence electrons. The molecule has 1 aliphatic heterocycles. The Bertz CT molecular complexity index is 557. The molecule has 0 amide bonds. The van der Waals surface area contributed by atoms with E-state index in [-0.39, 0.29) is 28.4 Å². The summed E-state index contributed by atoms with van der Waals surface area (Å²) < 4.78 is 26.7. The quantitative estimate of drug-likeness (QED) is 0.920. The smallest absolute Gasteiger partial charge is 0.244 e. The van der Waals surface area contributed by atoms with Gasteiger partial charge in [0.25, 0.3) is 0 Å². The maximum atomic E-state index is 12.6. The topological polar surface area (TPSA) is 49.4 Å². The van der Waals surface area contributed by atoms with Crippen LogP contribution in [0.2, 0.25) is 5.02 Å². The molecule has 20 heavy (non-hydrogen) atoms. The summed E-state index contributed by atoms with van der Waals surface area (Å²) in [5, 5.41) is 3.52. The van der Waals surface area contributed by atoms with E-state index in [9.17, 15) is 8.42 Å². The number of nitrogens with zero attached hydrogens (tertiary/aromatic N) is 1. The van der Waals surface area contributed by atoms with Gasteiger partial charge in [0.2, 0.25) is 10.0 Å². The zero-order chi connectivity index (χ0) is 14.0. The molecule has 0 radical (unpaired) electrons. The van der Waals surface area contributed by atoms with E-state index in [2.05, 4.69) is 5.32 Å². The van der Waals surface area contributed by atoms with Crippen LogP contribution in [0.15, 0.2) is 23.1 Å². The summed E-state index contributed by atoms with van der Waals surface area (Å²) in [6.45, 7) is 3.57. The molecule has 1 aliphatic rings. The molecule has 4 nitrogen and oxygen atoms in total. The SMILES string of the molecule is Cc1ccc(Cl)c(S(=O)(=O)N(C)C2CCNCC2)c1.Cl. The van der Waals surface area contributed by atoms with Crippen molar-refractivity contribution in [2.45, 2.75) is 30.7 Å². The van der Waals surface area contributed by atoms with E-state index in [1.54, 1.807) is 19.2 Å². The van der Waals surface area contributed by atoms with Crippen LogP contribution in [0.1, 0.15) is 18.4 Å². The average molecular weight is 339 g/mol. The number of piperidine rings is 1. The first-order valence-corrected chi connectivity index (χ1v) is 8.19. The Morgan fingerprint density at radius 1 is 1.30 bits per heavy atom. The Morgan fingerprint density at radius 2 is 1.90 bits per heavy atom.